The Hall–Kier alpha value is -2.34. The molecule has 3 aromatic rings. The van der Waals surface area contributed by atoms with Crippen LogP contribution in [0, 0.1) is 0 Å². The molecule has 0 aliphatic carbocycles. The van der Waals surface area contributed by atoms with E-state index in [4.69, 9.17) is 0 Å². The van der Waals surface area contributed by atoms with E-state index < -0.39 is 10.0 Å². The summed E-state index contributed by atoms with van der Waals surface area (Å²) in [6.07, 6.45) is 6.50. The third kappa shape index (κ3) is 2.50. The van der Waals surface area contributed by atoms with Crippen molar-refractivity contribution in [3.05, 3.63) is 48.9 Å². The maximum absolute atomic E-state index is 11.3. The molecule has 0 atom stereocenters. The molecule has 0 bridgehead atoms. The van der Waals surface area contributed by atoms with Gasteiger partial charge in [-0.1, -0.05) is 0 Å². The zero-order chi connectivity index (χ0) is 14.2. The summed E-state index contributed by atoms with van der Waals surface area (Å²) in [6, 6.07) is 9.24. The average molecular weight is 287 g/mol. The van der Waals surface area contributed by atoms with Crippen LogP contribution in [0.15, 0.2) is 48.9 Å². The highest BCUT2D eigenvalue weighted by atomic mass is 32.2. The molecule has 0 saturated heterocycles. The maximum Gasteiger partial charge on any atom is 0.229 e. The maximum atomic E-state index is 11.3. The lowest BCUT2D eigenvalue weighted by atomic mass is 10.1. The Morgan fingerprint density at radius 2 is 1.90 bits per heavy atom. The Labute approximate surface area is 116 Å². The number of hydrogen-bond acceptors (Lipinski definition) is 3. The largest absolute Gasteiger partial charge is 0.361 e. The molecule has 2 heterocycles. The third-order valence-electron chi connectivity index (χ3n) is 2.98. The number of H-pyrrole nitrogens is 1. The second kappa shape index (κ2) is 4.64. The Morgan fingerprint density at radius 1 is 1.15 bits per heavy atom. The van der Waals surface area contributed by atoms with Crippen molar-refractivity contribution in [2.24, 2.45) is 0 Å². The van der Waals surface area contributed by atoms with Gasteiger partial charge in [0.1, 0.15) is 0 Å². The van der Waals surface area contributed by atoms with Gasteiger partial charge in [0, 0.05) is 40.7 Å². The summed E-state index contributed by atoms with van der Waals surface area (Å²) in [5.74, 6) is 0. The number of fused-ring (bicyclic) bond motifs is 1. The molecular formula is C14H13N3O2S. The Morgan fingerprint density at radius 3 is 2.60 bits per heavy atom. The Balaban J connectivity index is 2.13. The predicted molar refractivity (Wildman–Crippen MR) is 80.0 cm³/mol. The molecule has 0 amide bonds. The number of nitrogens with zero attached hydrogens (tertiary/aromatic N) is 1. The molecular weight excluding hydrogens is 274 g/mol. The second-order valence-electron chi connectivity index (χ2n) is 4.57. The van der Waals surface area contributed by atoms with Gasteiger partial charge in [0.25, 0.3) is 0 Å². The standard InChI is InChI=1S/C14H13N3O2S/c1-20(18,19)17-11-2-3-14-12(8-11)13(9-16-14)10-4-6-15-7-5-10/h2-9,16-17H,1H3. The van der Waals surface area contributed by atoms with Gasteiger partial charge < -0.3 is 4.98 Å². The number of aromatic amines is 1. The van der Waals surface area contributed by atoms with Crippen LogP contribution in [-0.4, -0.2) is 24.6 Å². The molecule has 3 rings (SSSR count). The van der Waals surface area contributed by atoms with Crippen LogP contribution >= 0.6 is 0 Å². The number of rotatable bonds is 3. The van der Waals surface area contributed by atoms with Gasteiger partial charge in [-0.15, -0.1) is 0 Å². The van der Waals surface area contributed by atoms with E-state index in [-0.39, 0.29) is 0 Å². The van der Waals surface area contributed by atoms with Crippen molar-refractivity contribution >= 4 is 26.6 Å². The molecule has 2 N–H and O–H groups in total. The molecule has 0 aliphatic heterocycles. The topological polar surface area (TPSA) is 74.8 Å². The van der Waals surface area contributed by atoms with E-state index in [1.54, 1.807) is 18.5 Å². The van der Waals surface area contributed by atoms with E-state index in [2.05, 4.69) is 14.7 Å². The van der Waals surface area contributed by atoms with Crippen molar-refractivity contribution in [2.75, 3.05) is 11.0 Å². The highest BCUT2D eigenvalue weighted by Gasteiger charge is 2.08. The summed E-state index contributed by atoms with van der Waals surface area (Å²) in [7, 11) is -3.28. The minimum Gasteiger partial charge on any atom is -0.361 e. The zero-order valence-electron chi connectivity index (χ0n) is 10.8. The first kappa shape index (κ1) is 12.7. The smallest absolute Gasteiger partial charge is 0.229 e. The van der Waals surface area contributed by atoms with E-state index in [1.807, 2.05) is 30.5 Å². The van der Waals surface area contributed by atoms with Gasteiger partial charge >= 0.3 is 0 Å². The molecule has 0 radical (unpaired) electrons. The predicted octanol–water partition coefficient (Wildman–Crippen LogP) is 2.60. The van der Waals surface area contributed by atoms with Crippen LogP contribution in [0.2, 0.25) is 0 Å². The fourth-order valence-corrected chi connectivity index (χ4v) is 2.72. The lowest BCUT2D eigenvalue weighted by Gasteiger charge is -2.05. The Kier molecular flexibility index (Phi) is 2.94. The lowest BCUT2D eigenvalue weighted by Crippen LogP contribution is -2.09. The van der Waals surface area contributed by atoms with Crippen molar-refractivity contribution in [1.82, 2.24) is 9.97 Å². The van der Waals surface area contributed by atoms with E-state index in [1.165, 1.54) is 0 Å². The van der Waals surface area contributed by atoms with Gasteiger partial charge in [-0.3, -0.25) is 9.71 Å². The minimum atomic E-state index is -3.28. The first-order valence-corrected chi connectivity index (χ1v) is 7.91. The average Bonchev–Trinajstić information content (AvgIpc) is 2.81. The van der Waals surface area contributed by atoms with Crippen LogP contribution in [0.5, 0.6) is 0 Å². The van der Waals surface area contributed by atoms with E-state index in [0.29, 0.717) is 5.69 Å². The summed E-state index contributed by atoms with van der Waals surface area (Å²) >= 11 is 0. The quantitative estimate of drug-likeness (QED) is 0.777. The van der Waals surface area contributed by atoms with Crippen LogP contribution < -0.4 is 4.72 Å². The van der Waals surface area contributed by atoms with Crippen LogP contribution in [0.4, 0.5) is 5.69 Å². The lowest BCUT2D eigenvalue weighted by molar-refractivity contribution is 0.607. The summed E-state index contributed by atoms with van der Waals surface area (Å²) < 4.78 is 25.1. The molecule has 0 spiro atoms. The fourth-order valence-electron chi connectivity index (χ4n) is 2.17. The zero-order valence-corrected chi connectivity index (χ0v) is 11.6. The Bertz CT molecular complexity index is 855. The van der Waals surface area contributed by atoms with Gasteiger partial charge in [-0.2, -0.15) is 0 Å². The molecule has 0 saturated carbocycles. The minimum absolute atomic E-state index is 0.551. The van der Waals surface area contributed by atoms with Crippen molar-refractivity contribution < 1.29 is 8.42 Å². The number of hydrogen-bond donors (Lipinski definition) is 2. The molecule has 0 aliphatic rings. The van der Waals surface area contributed by atoms with Crippen LogP contribution in [0.1, 0.15) is 0 Å². The van der Waals surface area contributed by atoms with Gasteiger partial charge in [0.05, 0.1) is 6.26 Å². The van der Waals surface area contributed by atoms with Crippen molar-refractivity contribution in [3.8, 4) is 11.1 Å². The van der Waals surface area contributed by atoms with Crippen molar-refractivity contribution in [1.29, 1.82) is 0 Å². The number of sulfonamides is 1. The molecule has 6 heteroatoms. The number of benzene rings is 1. The molecule has 0 fully saturated rings. The molecule has 5 nitrogen and oxygen atoms in total. The van der Waals surface area contributed by atoms with E-state index >= 15 is 0 Å². The molecule has 20 heavy (non-hydrogen) atoms. The first-order valence-electron chi connectivity index (χ1n) is 6.02. The van der Waals surface area contributed by atoms with Crippen molar-refractivity contribution in [2.45, 2.75) is 0 Å². The van der Waals surface area contributed by atoms with Gasteiger partial charge in [0.2, 0.25) is 10.0 Å². The van der Waals surface area contributed by atoms with E-state index in [9.17, 15) is 8.42 Å². The first-order chi connectivity index (χ1) is 9.53. The van der Waals surface area contributed by atoms with Crippen LogP contribution in [-0.2, 0) is 10.0 Å². The molecule has 0 unspecified atom stereocenters. The summed E-state index contributed by atoms with van der Waals surface area (Å²) in [6.45, 7) is 0. The van der Waals surface area contributed by atoms with Crippen molar-refractivity contribution in [3.63, 3.8) is 0 Å². The summed E-state index contributed by atoms with van der Waals surface area (Å²) in [5, 5.41) is 0.963. The third-order valence-corrected chi connectivity index (χ3v) is 3.58. The number of nitrogens with one attached hydrogen (secondary N) is 2. The van der Waals surface area contributed by atoms with Gasteiger partial charge in [0.15, 0.2) is 0 Å². The highest BCUT2D eigenvalue weighted by molar-refractivity contribution is 7.92. The SMILES string of the molecule is CS(=O)(=O)Nc1ccc2[nH]cc(-c3ccncc3)c2c1. The second-order valence-corrected chi connectivity index (χ2v) is 6.32. The molecule has 102 valence electrons. The monoisotopic (exact) mass is 287 g/mol. The van der Waals surface area contributed by atoms with Crippen LogP contribution in [0.25, 0.3) is 22.0 Å². The van der Waals surface area contributed by atoms with Gasteiger partial charge in [-0.05, 0) is 35.9 Å². The normalized spacial score (nSPS) is 11.7. The fraction of sp³-hybridized carbons (Fsp3) is 0.0714. The molecule has 2 aromatic heterocycles. The summed E-state index contributed by atoms with van der Waals surface area (Å²) in [5.41, 5.74) is 3.55. The highest BCUT2D eigenvalue weighted by Crippen LogP contribution is 2.30. The number of aromatic nitrogens is 2. The number of anilines is 1. The number of pyridine rings is 1. The van der Waals surface area contributed by atoms with Crippen LogP contribution in [0.3, 0.4) is 0 Å². The summed E-state index contributed by atoms with van der Waals surface area (Å²) in [4.78, 5) is 7.18. The molecule has 1 aromatic carbocycles. The van der Waals surface area contributed by atoms with Gasteiger partial charge in [-0.25, -0.2) is 8.42 Å². The van der Waals surface area contributed by atoms with E-state index in [0.717, 1.165) is 28.3 Å².